The van der Waals surface area contributed by atoms with Crippen molar-refractivity contribution in [1.29, 1.82) is 0 Å². The number of carbonyl (C=O) groups is 1. The predicted molar refractivity (Wildman–Crippen MR) is 106 cm³/mol. The van der Waals surface area contributed by atoms with Crippen molar-refractivity contribution in [2.75, 3.05) is 5.32 Å². The van der Waals surface area contributed by atoms with Crippen LogP contribution in [-0.4, -0.2) is 11.0 Å². The highest BCUT2D eigenvalue weighted by atomic mass is 35.5. The van der Waals surface area contributed by atoms with Gasteiger partial charge in [0.15, 0.2) is 5.11 Å². The maximum Gasteiger partial charge on any atom is 0.255 e. The average Bonchev–Trinajstić information content (AvgIpc) is 2.56. The summed E-state index contributed by atoms with van der Waals surface area (Å²) in [6, 6.07) is 10.0. The van der Waals surface area contributed by atoms with Gasteiger partial charge in [-0.25, -0.2) is 4.39 Å². The maximum atomic E-state index is 13.1. The Bertz CT molecular complexity index is 915. The van der Waals surface area contributed by atoms with Crippen molar-refractivity contribution in [3.05, 3.63) is 75.2 Å². The van der Waals surface area contributed by atoms with Crippen LogP contribution in [0.25, 0.3) is 0 Å². The second-order valence-electron chi connectivity index (χ2n) is 5.70. The Hall–Kier alpha value is -2.15. The number of amides is 1. The van der Waals surface area contributed by atoms with Gasteiger partial charge in [-0.15, -0.1) is 0 Å². The molecule has 26 heavy (non-hydrogen) atoms. The molecule has 1 aliphatic heterocycles. The zero-order valence-electron chi connectivity index (χ0n) is 13.6. The third kappa shape index (κ3) is 3.98. The van der Waals surface area contributed by atoms with Crippen LogP contribution in [0.5, 0.6) is 0 Å². The van der Waals surface area contributed by atoms with E-state index in [2.05, 4.69) is 16.0 Å². The van der Waals surface area contributed by atoms with Crippen molar-refractivity contribution < 1.29 is 9.18 Å². The minimum Gasteiger partial charge on any atom is -0.351 e. The second-order valence-corrected chi connectivity index (χ2v) is 6.95. The SMILES string of the molecule is CC1=C(C(=O)Nc2ccc(F)cc2)[C@H](c2ccc(Cl)cc2Cl)NC(=S)N1. The highest BCUT2D eigenvalue weighted by Crippen LogP contribution is 2.33. The lowest BCUT2D eigenvalue weighted by Gasteiger charge is -2.31. The number of benzene rings is 2. The standard InChI is InChI=1S/C18H14Cl2FN3OS/c1-9-15(17(25)23-12-5-3-11(21)4-6-12)16(24-18(26)22-9)13-7-2-10(19)8-14(13)20/h2-8,16H,1H3,(H,23,25)(H2,22,24,26)/t16-/m0/s1. The molecule has 0 fully saturated rings. The van der Waals surface area contributed by atoms with E-state index in [1.54, 1.807) is 25.1 Å². The van der Waals surface area contributed by atoms with Gasteiger partial charge in [0, 0.05) is 21.4 Å². The molecule has 0 radical (unpaired) electrons. The largest absolute Gasteiger partial charge is 0.351 e. The van der Waals surface area contributed by atoms with E-state index in [4.69, 9.17) is 35.4 Å². The summed E-state index contributed by atoms with van der Waals surface area (Å²) in [5.41, 5.74) is 2.17. The van der Waals surface area contributed by atoms with Gasteiger partial charge in [-0.3, -0.25) is 4.79 Å². The number of hydrogen-bond acceptors (Lipinski definition) is 2. The first kappa shape index (κ1) is 18.6. The highest BCUT2D eigenvalue weighted by molar-refractivity contribution is 7.80. The molecule has 0 saturated carbocycles. The van der Waals surface area contributed by atoms with Crippen LogP contribution in [0.2, 0.25) is 10.0 Å². The number of hydrogen-bond donors (Lipinski definition) is 3. The summed E-state index contributed by atoms with van der Waals surface area (Å²) < 4.78 is 13.1. The molecule has 1 atom stereocenters. The van der Waals surface area contributed by atoms with Gasteiger partial charge in [0.05, 0.1) is 11.6 Å². The number of allylic oxidation sites excluding steroid dienone is 1. The first-order valence-corrected chi connectivity index (χ1v) is 8.81. The van der Waals surface area contributed by atoms with Crippen LogP contribution < -0.4 is 16.0 Å². The van der Waals surface area contributed by atoms with E-state index in [0.717, 1.165) is 0 Å². The van der Waals surface area contributed by atoms with Gasteiger partial charge in [-0.2, -0.15) is 0 Å². The fourth-order valence-electron chi connectivity index (χ4n) is 2.70. The molecule has 4 nitrogen and oxygen atoms in total. The number of carbonyl (C=O) groups excluding carboxylic acids is 1. The van der Waals surface area contributed by atoms with Crippen LogP contribution in [0.15, 0.2) is 53.7 Å². The summed E-state index contributed by atoms with van der Waals surface area (Å²) in [5.74, 6) is -0.733. The summed E-state index contributed by atoms with van der Waals surface area (Å²) in [4.78, 5) is 12.9. The Kier molecular flexibility index (Phi) is 5.46. The van der Waals surface area contributed by atoms with Gasteiger partial charge < -0.3 is 16.0 Å². The molecule has 3 rings (SSSR count). The van der Waals surface area contributed by atoms with Gasteiger partial charge in [0.1, 0.15) is 5.82 Å². The Balaban J connectivity index is 1.97. The lowest BCUT2D eigenvalue weighted by atomic mass is 9.95. The average molecular weight is 410 g/mol. The first-order chi connectivity index (χ1) is 12.3. The summed E-state index contributed by atoms with van der Waals surface area (Å²) in [7, 11) is 0. The Morgan fingerprint density at radius 3 is 2.54 bits per heavy atom. The zero-order valence-corrected chi connectivity index (χ0v) is 15.9. The van der Waals surface area contributed by atoms with E-state index < -0.39 is 6.04 Å². The molecule has 0 spiro atoms. The van der Waals surface area contributed by atoms with Crippen molar-refractivity contribution in [2.24, 2.45) is 0 Å². The van der Waals surface area contributed by atoms with Crippen LogP contribution in [-0.2, 0) is 4.79 Å². The van der Waals surface area contributed by atoms with E-state index >= 15 is 0 Å². The van der Waals surface area contributed by atoms with Crippen LogP contribution in [0.1, 0.15) is 18.5 Å². The smallest absolute Gasteiger partial charge is 0.255 e. The van der Waals surface area contributed by atoms with Gasteiger partial charge in [0.25, 0.3) is 5.91 Å². The number of anilines is 1. The molecule has 8 heteroatoms. The predicted octanol–water partition coefficient (Wildman–Crippen LogP) is 4.56. The van der Waals surface area contributed by atoms with E-state index in [1.807, 2.05) is 0 Å². The van der Waals surface area contributed by atoms with Crippen molar-refractivity contribution in [3.63, 3.8) is 0 Å². The van der Waals surface area contributed by atoms with E-state index in [1.165, 1.54) is 24.3 Å². The lowest BCUT2D eigenvalue weighted by Crippen LogP contribution is -2.45. The molecule has 1 heterocycles. The van der Waals surface area contributed by atoms with Crippen molar-refractivity contribution in [2.45, 2.75) is 13.0 Å². The minimum absolute atomic E-state index is 0.354. The fraction of sp³-hybridized carbons (Fsp3) is 0.111. The van der Waals surface area contributed by atoms with Crippen LogP contribution >= 0.6 is 35.4 Å². The molecule has 2 aromatic carbocycles. The molecule has 0 aromatic heterocycles. The number of rotatable bonds is 3. The Labute approximate surface area is 165 Å². The molecule has 0 unspecified atom stereocenters. The van der Waals surface area contributed by atoms with Gasteiger partial charge >= 0.3 is 0 Å². The van der Waals surface area contributed by atoms with Crippen molar-refractivity contribution in [3.8, 4) is 0 Å². The Morgan fingerprint density at radius 1 is 1.19 bits per heavy atom. The normalized spacial score (nSPS) is 16.8. The van der Waals surface area contributed by atoms with E-state index in [0.29, 0.717) is 37.7 Å². The number of nitrogens with one attached hydrogen (secondary N) is 3. The monoisotopic (exact) mass is 409 g/mol. The summed E-state index contributed by atoms with van der Waals surface area (Å²) in [6.07, 6.45) is 0. The third-order valence-corrected chi connectivity index (χ3v) is 4.67. The number of thiocarbonyl (C=S) groups is 1. The molecule has 134 valence electrons. The zero-order chi connectivity index (χ0) is 18.8. The lowest BCUT2D eigenvalue weighted by molar-refractivity contribution is -0.113. The molecule has 1 aliphatic rings. The molecule has 3 N–H and O–H groups in total. The maximum absolute atomic E-state index is 13.1. The molecule has 0 saturated heterocycles. The Morgan fingerprint density at radius 2 is 1.88 bits per heavy atom. The minimum atomic E-state index is -0.547. The van der Waals surface area contributed by atoms with Crippen LogP contribution in [0, 0.1) is 5.82 Å². The van der Waals surface area contributed by atoms with Crippen LogP contribution in [0.3, 0.4) is 0 Å². The second kappa shape index (κ2) is 7.61. The summed E-state index contributed by atoms with van der Waals surface area (Å²) in [6.45, 7) is 1.75. The van der Waals surface area contributed by atoms with E-state index in [-0.39, 0.29) is 11.7 Å². The molecule has 0 aliphatic carbocycles. The fourth-order valence-corrected chi connectivity index (χ4v) is 3.48. The van der Waals surface area contributed by atoms with Gasteiger partial charge in [-0.1, -0.05) is 29.3 Å². The van der Waals surface area contributed by atoms with Crippen LogP contribution in [0.4, 0.5) is 10.1 Å². The quantitative estimate of drug-likeness (QED) is 0.650. The number of halogens is 3. The third-order valence-electron chi connectivity index (χ3n) is 3.89. The topological polar surface area (TPSA) is 53.2 Å². The molecule has 0 bridgehead atoms. The molecule has 1 amide bonds. The molecular weight excluding hydrogens is 396 g/mol. The summed E-state index contributed by atoms with van der Waals surface area (Å²) in [5, 5.41) is 10.1. The molecular formula is C18H14Cl2FN3OS. The molecule has 2 aromatic rings. The van der Waals surface area contributed by atoms with Crippen molar-refractivity contribution in [1.82, 2.24) is 10.6 Å². The van der Waals surface area contributed by atoms with Gasteiger partial charge in [0.2, 0.25) is 0 Å². The van der Waals surface area contributed by atoms with Gasteiger partial charge in [-0.05, 0) is 61.1 Å². The highest BCUT2D eigenvalue weighted by Gasteiger charge is 2.31. The van der Waals surface area contributed by atoms with E-state index in [9.17, 15) is 9.18 Å². The first-order valence-electron chi connectivity index (χ1n) is 7.65. The van der Waals surface area contributed by atoms with Crippen molar-refractivity contribution >= 4 is 52.1 Å². The summed E-state index contributed by atoms with van der Waals surface area (Å²) >= 11 is 17.5.